The second-order valence-electron chi connectivity index (χ2n) is 6.90. The van der Waals surface area contributed by atoms with Crippen molar-refractivity contribution in [1.82, 2.24) is 9.62 Å². The molecule has 1 atom stereocenters. The molecular formula is C17H22ClFN2O3S. The van der Waals surface area contributed by atoms with Gasteiger partial charge in [0, 0.05) is 30.6 Å². The van der Waals surface area contributed by atoms with Gasteiger partial charge in [-0.2, -0.15) is 0 Å². The molecule has 1 heterocycles. The zero-order chi connectivity index (χ0) is 18.0. The Morgan fingerprint density at radius 2 is 2.00 bits per heavy atom. The molecule has 3 rings (SSSR count). The van der Waals surface area contributed by atoms with Crippen molar-refractivity contribution in [2.45, 2.75) is 43.9 Å². The lowest BCUT2D eigenvalue weighted by Crippen LogP contribution is -2.36. The fourth-order valence-electron chi connectivity index (χ4n) is 3.67. The van der Waals surface area contributed by atoms with E-state index >= 15 is 0 Å². The standard InChI is InChI=1S/C17H22ClFN2O3S/c18-16-6-5-14(19)8-13(16)11-25(23,24)20-9-12-7-17(22)21(10-12)15-3-1-2-4-15/h5-6,8,12,15,20H,1-4,7,9-11H2/t12-/m1/s1. The molecule has 1 saturated carbocycles. The van der Waals surface area contributed by atoms with E-state index in [0.29, 0.717) is 19.0 Å². The lowest BCUT2D eigenvalue weighted by atomic mass is 10.1. The molecular weight excluding hydrogens is 367 g/mol. The zero-order valence-corrected chi connectivity index (χ0v) is 15.5. The summed E-state index contributed by atoms with van der Waals surface area (Å²) in [5, 5.41) is 0.218. The molecule has 0 aromatic heterocycles. The Labute approximate surface area is 152 Å². The monoisotopic (exact) mass is 388 g/mol. The number of rotatable bonds is 6. The van der Waals surface area contributed by atoms with Crippen molar-refractivity contribution in [3.8, 4) is 0 Å². The molecule has 1 aromatic carbocycles. The second-order valence-corrected chi connectivity index (χ2v) is 9.11. The Morgan fingerprint density at radius 1 is 1.28 bits per heavy atom. The summed E-state index contributed by atoms with van der Waals surface area (Å²) < 4.78 is 40.3. The summed E-state index contributed by atoms with van der Waals surface area (Å²) in [6.07, 6.45) is 4.77. The number of amides is 1. The van der Waals surface area contributed by atoms with E-state index in [2.05, 4.69) is 4.72 Å². The molecule has 0 spiro atoms. The van der Waals surface area contributed by atoms with Crippen LogP contribution in [0, 0.1) is 11.7 Å². The summed E-state index contributed by atoms with van der Waals surface area (Å²) in [5.41, 5.74) is 0.226. The molecule has 5 nitrogen and oxygen atoms in total. The largest absolute Gasteiger partial charge is 0.339 e. The van der Waals surface area contributed by atoms with Gasteiger partial charge in [-0.25, -0.2) is 17.5 Å². The van der Waals surface area contributed by atoms with E-state index in [1.165, 1.54) is 12.1 Å². The molecule has 1 saturated heterocycles. The first-order valence-corrected chi connectivity index (χ1v) is 10.6. The molecule has 0 bridgehead atoms. The van der Waals surface area contributed by atoms with Gasteiger partial charge in [0.05, 0.1) is 5.75 Å². The van der Waals surface area contributed by atoms with Gasteiger partial charge in [0.1, 0.15) is 5.82 Å². The number of hydrogen-bond acceptors (Lipinski definition) is 3. The van der Waals surface area contributed by atoms with E-state index in [9.17, 15) is 17.6 Å². The number of likely N-dealkylation sites (tertiary alicyclic amines) is 1. The normalized spacial score (nSPS) is 22.1. The lowest BCUT2D eigenvalue weighted by Gasteiger charge is -2.24. The number of hydrogen-bond donors (Lipinski definition) is 1. The van der Waals surface area contributed by atoms with Crippen molar-refractivity contribution in [2.24, 2.45) is 5.92 Å². The lowest BCUT2D eigenvalue weighted by molar-refractivity contribution is -0.129. The van der Waals surface area contributed by atoms with Crippen molar-refractivity contribution >= 4 is 27.5 Å². The van der Waals surface area contributed by atoms with Crippen LogP contribution in [0.1, 0.15) is 37.7 Å². The predicted octanol–water partition coefficient (Wildman–Crippen LogP) is 2.69. The molecule has 2 aliphatic rings. The average Bonchev–Trinajstić information content (AvgIpc) is 3.18. The topological polar surface area (TPSA) is 66.5 Å². The smallest absolute Gasteiger partial charge is 0.223 e. The fourth-order valence-corrected chi connectivity index (χ4v) is 5.17. The van der Waals surface area contributed by atoms with Gasteiger partial charge in [0.2, 0.25) is 15.9 Å². The Morgan fingerprint density at radius 3 is 2.72 bits per heavy atom. The first kappa shape index (κ1) is 18.6. The van der Waals surface area contributed by atoms with Crippen LogP contribution in [0.3, 0.4) is 0 Å². The van der Waals surface area contributed by atoms with E-state index in [0.717, 1.165) is 31.7 Å². The molecule has 1 aliphatic heterocycles. The van der Waals surface area contributed by atoms with Crippen LogP contribution in [0.4, 0.5) is 4.39 Å². The Kier molecular flexibility index (Phi) is 5.65. The van der Waals surface area contributed by atoms with Crippen LogP contribution in [0.5, 0.6) is 0 Å². The van der Waals surface area contributed by atoms with Crippen LogP contribution in [-0.4, -0.2) is 38.4 Å². The minimum absolute atomic E-state index is 0.0224. The SMILES string of the molecule is O=C1C[C@H](CNS(=O)(=O)Cc2cc(F)ccc2Cl)CN1C1CCCC1. The maximum absolute atomic E-state index is 13.3. The summed E-state index contributed by atoms with van der Waals surface area (Å²) in [5.74, 6) is -0.810. The Balaban J connectivity index is 1.55. The van der Waals surface area contributed by atoms with E-state index < -0.39 is 15.8 Å². The Bertz CT molecular complexity index is 750. The molecule has 8 heteroatoms. The average molecular weight is 389 g/mol. The van der Waals surface area contributed by atoms with Crippen LogP contribution < -0.4 is 4.72 Å². The number of carbonyl (C=O) groups is 1. The summed E-state index contributed by atoms with van der Waals surface area (Å²) >= 11 is 5.93. The summed E-state index contributed by atoms with van der Waals surface area (Å²) in [6.45, 7) is 0.816. The third-order valence-corrected chi connectivity index (χ3v) is 6.62. The van der Waals surface area contributed by atoms with Gasteiger partial charge < -0.3 is 4.90 Å². The van der Waals surface area contributed by atoms with Gasteiger partial charge in [-0.1, -0.05) is 24.4 Å². The maximum atomic E-state index is 13.3. The number of nitrogens with zero attached hydrogens (tertiary/aromatic N) is 1. The van der Waals surface area contributed by atoms with Gasteiger partial charge in [-0.05, 0) is 42.5 Å². The van der Waals surface area contributed by atoms with E-state index in [1.54, 1.807) is 0 Å². The number of nitrogens with one attached hydrogen (secondary N) is 1. The molecule has 1 N–H and O–H groups in total. The van der Waals surface area contributed by atoms with Gasteiger partial charge in [0.25, 0.3) is 0 Å². The summed E-state index contributed by atoms with van der Waals surface area (Å²) in [7, 11) is -3.65. The van der Waals surface area contributed by atoms with Crippen LogP contribution in [0.2, 0.25) is 5.02 Å². The second kappa shape index (κ2) is 7.60. The predicted molar refractivity (Wildman–Crippen MR) is 94.1 cm³/mol. The molecule has 2 fully saturated rings. The van der Waals surface area contributed by atoms with Crippen molar-refractivity contribution < 1.29 is 17.6 Å². The van der Waals surface area contributed by atoms with Crippen LogP contribution in [0.25, 0.3) is 0 Å². The van der Waals surface area contributed by atoms with Gasteiger partial charge in [0.15, 0.2) is 0 Å². The molecule has 1 aliphatic carbocycles. The van der Waals surface area contributed by atoms with Gasteiger partial charge in [-0.15, -0.1) is 0 Å². The van der Waals surface area contributed by atoms with Crippen molar-refractivity contribution in [3.05, 3.63) is 34.6 Å². The number of halogens is 2. The minimum Gasteiger partial charge on any atom is -0.339 e. The first-order chi connectivity index (χ1) is 11.8. The van der Waals surface area contributed by atoms with Crippen molar-refractivity contribution in [2.75, 3.05) is 13.1 Å². The number of benzene rings is 1. The van der Waals surface area contributed by atoms with Crippen LogP contribution in [-0.2, 0) is 20.6 Å². The summed E-state index contributed by atoms with van der Waals surface area (Å²) in [6, 6.07) is 3.98. The minimum atomic E-state index is -3.65. The highest BCUT2D eigenvalue weighted by Gasteiger charge is 2.35. The van der Waals surface area contributed by atoms with Crippen molar-refractivity contribution in [1.29, 1.82) is 0 Å². The third-order valence-electron chi connectivity index (χ3n) is 4.95. The fraction of sp³-hybridized carbons (Fsp3) is 0.588. The first-order valence-electron chi connectivity index (χ1n) is 8.55. The zero-order valence-electron chi connectivity index (χ0n) is 13.9. The number of sulfonamides is 1. The Hall–Kier alpha value is -1.18. The van der Waals surface area contributed by atoms with Crippen molar-refractivity contribution in [3.63, 3.8) is 0 Å². The molecule has 1 amide bonds. The molecule has 138 valence electrons. The number of carbonyl (C=O) groups excluding carboxylic acids is 1. The highest BCUT2D eigenvalue weighted by molar-refractivity contribution is 7.88. The highest BCUT2D eigenvalue weighted by Crippen LogP contribution is 2.29. The molecule has 0 radical (unpaired) electrons. The molecule has 25 heavy (non-hydrogen) atoms. The van der Waals surface area contributed by atoms with Crippen LogP contribution in [0.15, 0.2) is 18.2 Å². The van der Waals surface area contributed by atoms with Gasteiger partial charge in [-0.3, -0.25) is 4.79 Å². The van der Waals surface area contributed by atoms with E-state index in [-0.39, 0.29) is 34.7 Å². The summed E-state index contributed by atoms with van der Waals surface area (Å²) in [4.78, 5) is 14.1. The highest BCUT2D eigenvalue weighted by atomic mass is 35.5. The maximum Gasteiger partial charge on any atom is 0.223 e. The molecule has 1 aromatic rings. The van der Waals surface area contributed by atoms with E-state index in [1.807, 2.05) is 4.90 Å². The quantitative estimate of drug-likeness (QED) is 0.814. The molecule has 0 unspecified atom stereocenters. The third kappa shape index (κ3) is 4.71. The van der Waals surface area contributed by atoms with Gasteiger partial charge >= 0.3 is 0 Å². The van der Waals surface area contributed by atoms with Crippen LogP contribution >= 0.6 is 11.6 Å². The van der Waals surface area contributed by atoms with E-state index in [4.69, 9.17) is 11.6 Å².